The van der Waals surface area contributed by atoms with Crippen LogP contribution in [0.25, 0.3) is 10.9 Å². The van der Waals surface area contributed by atoms with E-state index < -0.39 is 5.97 Å². The Morgan fingerprint density at radius 1 is 1.23 bits per heavy atom. The monoisotopic (exact) mass is 495 g/mol. The number of carboxylic acids is 1. The molecule has 3 N–H and O–H groups in total. The molecule has 0 radical (unpaired) electrons. The van der Waals surface area contributed by atoms with Crippen molar-refractivity contribution in [1.82, 2.24) is 24.5 Å². The Labute approximate surface area is 204 Å². The van der Waals surface area contributed by atoms with Gasteiger partial charge in [0.15, 0.2) is 17.2 Å². The number of aryl methyl sites for hydroxylation is 2. The molecule has 5 rings (SSSR count). The molecule has 182 valence electrons. The van der Waals surface area contributed by atoms with E-state index in [9.17, 15) is 9.59 Å². The van der Waals surface area contributed by atoms with Crippen LogP contribution in [0, 0.1) is 13.8 Å². The third-order valence-electron chi connectivity index (χ3n) is 5.85. The van der Waals surface area contributed by atoms with Gasteiger partial charge in [0.1, 0.15) is 11.4 Å². The summed E-state index contributed by atoms with van der Waals surface area (Å²) in [6, 6.07) is 3.97. The summed E-state index contributed by atoms with van der Waals surface area (Å²) in [5.41, 5.74) is 3.32. The lowest BCUT2D eigenvalue weighted by atomic mass is 10.1. The van der Waals surface area contributed by atoms with Crippen LogP contribution < -0.4 is 10.6 Å². The van der Waals surface area contributed by atoms with Crippen LogP contribution in [0.15, 0.2) is 30.7 Å². The Hall–Kier alpha value is -3.77. The molecular formula is C23H25N7O4S. The molecular weight excluding hydrogens is 470 g/mol. The van der Waals surface area contributed by atoms with Crippen LogP contribution in [0.4, 0.5) is 16.6 Å². The summed E-state index contributed by atoms with van der Waals surface area (Å²) >= 11 is 1.19. The summed E-state index contributed by atoms with van der Waals surface area (Å²) < 4.78 is 9.12. The minimum atomic E-state index is -0.977. The topological polar surface area (TPSA) is 136 Å². The summed E-state index contributed by atoms with van der Waals surface area (Å²) in [7, 11) is 0. The summed E-state index contributed by atoms with van der Waals surface area (Å²) in [5.74, 6) is -0.763. The second kappa shape index (κ2) is 9.47. The number of carbonyl (C=O) groups excluding carboxylic acids is 1. The van der Waals surface area contributed by atoms with Crippen molar-refractivity contribution >= 4 is 50.8 Å². The molecule has 0 spiro atoms. The van der Waals surface area contributed by atoms with Gasteiger partial charge in [-0.3, -0.25) is 14.3 Å². The van der Waals surface area contributed by atoms with E-state index in [-0.39, 0.29) is 18.7 Å². The molecule has 1 aliphatic rings. The number of hydrogen-bond acceptors (Lipinski definition) is 8. The van der Waals surface area contributed by atoms with E-state index in [0.29, 0.717) is 21.5 Å². The van der Waals surface area contributed by atoms with Gasteiger partial charge in [0.05, 0.1) is 23.6 Å². The van der Waals surface area contributed by atoms with Crippen molar-refractivity contribution in [2.24, 2.45) is 0 Å². The van der Waals surface area contributed by atoms with Crippen LogP contribution in [0.3, 0.4) is 0 Å². The molecule has 1 unspecified atom stereocenters. The number of aliphatic carboxylic acids is 1. The molecule has 0 aliphatic carbocycles. The van der Waals surface area contributed by atoms with Gasteiger partial charge in [-0.05, 0) is 44.7 Å². The van der Waals surface area contributed by atoms with Gasteiger partial charge in [0, 0.05) is 23.8 Å². The molecule has 1 aromatic carbocycles. The van der Waals surface area contributed by atoms with E-state index in [1.807, 2.05) is 30.7 Å². The number of ether oxygens (including phenoxy) is 1. The average molecular weight is 496 g/mol. The maximum atomic E-state index is 13.1. The molecule has 12 heteroatoms. The fourth-order valence-corrected chi connectivity index (χ4v) is 4.83. The zero-order chi connectivity index (χ0) is 24.5. The van der Waals surface area contributed by atoms with E-state index in [0.717, 1.165) is 47.9 Å². The summed E-state index contributed by atoms with van der Waals surface area (Å²) in [6.07, 6.45) is 7.89. The van der Waals surface area contributed by atoms with Crippen molar-refractivity contribution < 1.29 is 19.4 Å². The highest BCUT2D eigenvalue weighted by Gasteiger charge is 2.21. The standard InChI is InChI=1S/C23H25N7O4S/c1-13-6-7-16-15(9-25-30(16)18-5-3-4-8-34-18)20(13)26-22(33)17-10-24-23(35-17)27-21-14(2)11-29(28-21)12-19(31)32/h6-7,9-11,18H,3-5,8,12H2,1-2H3,(H,26,33)(H,31,32)(H,24,27,28). The van der Waals surface area contributed by atoms with E-state index >= 15 is 0 Å². The number of fused-ring (bicyclic) bond motifs is 1. The lowest BCUT2D eigenvalue weighted by molar-refractivity contribution is -0.137. The zero-order valence-electron chi connectivity index (χ0n) is 19.3. The first-order valence-electron chi connectivity index (χ1n) is 11.3. The molecule has 4 aromatic rings. The quantitative estimate of drug-likeness (QED) is 0.349. The minimum Gasteiger partial charge on any atom is -0.480 e. The number of carbonyl (C=O) groups is 2. The molecule has 1 saturated heterocycles. The van der Waals surface area contributed by atoms with Crippen LogP contribution in [0.5, 0.6) is 0 Å². The molecule has 1 amide bonds. The first-order chi connectivity index (χ1) is 16.9. The van der Waals surface area contributed by atoms with E-state index in [1.54, 1.807) is 12.4 Å². The van der Waals surface area contributed by atoms with Gasteiger partial charge in [-0.2, -0.15) is 10.2 Å². The van der Waals surface area contributed by atoms with E-state index in [2.05, 4.69) is 25.8 Å². The first kappa shape index (κ1) is 23.0. The predicted octanol–water partition coefficient (Wildman–Crippen LogP) is 4.09. The Bertz CT molecular complexity index is 1400. The molecule has 1 fully saturated rings. The number of nitrogens with one attached hydrogen (secondary N) is 2. The number of amides is 1. The highest BCUT2D eigenvalue weighted by molar-refractivity contribution is 7.17. The highest BCUT2D eigenvalue weighted by atomic mass is 32.1. The van der Waals surface area contributed by atoms with Crippen LogP contribution in [0.2, 0.25) is 0 Å². The van der Waals surface area contributed by atoms with Gasteiger partial charge in [-0.1, -0.05) is 17.4 Å². The van der Waals surface area contributed by atoms with Gasteiger partial charge in [-0.15, -0.1) is 0 Å². The van der Waals surface area contributed by atoms with Gasteiger partial charge in [-0.25, -0.2) is 9.67 Å². The maximum absolute atomic E-state index is 13.1. The van der Waals surface area contributed by atoms with Gasteiger partial charge < -0.3 is 20.5 Å². The van der Waals surface area contributed by atoms with Gasteiger partial charge in [0.2, 0.25) is 0 Å². The predicted molar refractivity (Wildman–Crippen MR) is 131 cm³/mol. The van der Waals surface area contributed by atoms with Crippen LogP contribution in [-0.2, 0) is 16.1 Å². The van der Waals surface area contributed by atoms with Crippen LogP contribution in [0.1, 0.15) is 46.3 Å². The highest BCUT2D eigenvalue weighted by Crippen LogP contribution is 2.32. The number of carboxylic acid groups (broad SMARTS) is 1. The number of aromatic nitrogens is 5. The van der Waals surface area contributed by atoms with Crippen molar-refractivity contribution in [2.75, 3.05) is 17.2 Å². The Kier molecular flexibility index (Phi) is 6.22. The zero-order valence-corrected chi connectivity index (χ0v) is 20.1. The fraction of sp³-hybridized carbons (Fsp3) is 0.348. The number of anilines is 3. The summed E-state index contributed by atoms with van der Waals surface area (Å²) in [6.45, 7) is 4.25. The SMILES string of the molecule is Cc1cn(CC(=O)O)nc1Nc1ncc(C(=O)Nc2c(C)ccc3c2cnn3C2CCCCO2)s1. The average Bonchev–Trinajstić information content (AvgIpc) is 3.55. The van der Waals surface area contributed by atoms with Crippen LogP contribution in [-0.4, -0.2) is 48.1 Å². The molecule has 0 saturated carbocycles. The Balaban J connectivity index is 1.34. The molecule has 11 nitrogen and oxygen atoms in total. The van der Waals surface area contributed by atoms with E-state index in [4.69, 9.17) is 9.84 Å². The first-order valence-corrected chi connectivity index (χ1v) is 12.1. The molecule has 4 heterocycles. The Morgan fingerprint density at radius 3 is 2.86 bits per heavy atom. The fourth-order valence-electron chi connectivity index (χ4n) is 4.12. The smallest absolute Gasteiger partial charge is 0.325 e. The van der Waals surface area contributed by atoms with Crippen LogP contribution >= 0.6 is 11.3 Å². The van der Waals surface area contributed by atoms with Crippen molar-refractivity contribution in [3.8, 4) is 0 Å². The molecule has 1 atom stereocenters. The van der Waals surface area contributed by atoms with Crippen molar-refractivity contribution in [1.29, 1.82) is 0 Å². The molecule has 1 aliphatic heterocycles. The third-order valence-corrected chi connectivity index (χ3v) is 6.76. The summed E-state index contributed by atoms with van der Waals surface area (Å²) in [4.78, 5) is 28.7. The van der Waals surface area contributed by atoms with Crippen molar-refractivity contribution in [2.45, 2.75) is 45.9 Å². The summed E-state index contributed by atoms with van der Waals surface area (Å²) in [5, 5.41) is 25.2. The minimum absolute atomic E-state index is 0.0925. The third kappa shape index (κ3) is 4.75. The number of rotatable bonds is 7. The lowest BCUT2D eigenvalue weighted by Crippen LogP contribution is -2.19. The molecule has 0 bridgehead atoms. The molecule has 35 heavy (non-hydrogen) atoms. The number of benzene rings is 1. The molecule has 3 aromatic heterocycles. The van der Waals surface area contributed by atoms with Crippen molar-refractivity contribution in [3.63, 3.8) is 0 Å². The maximum Gasteiger partial charge on any atom is 0.325 e. The van der Waals surface area contributed by atoms with Gasteiger partial charge in [0.25, 0.3) is 5.91 Å². The Morgan fingerprint density at radius 2 is 2.09 bits per heavy atom. The lowest BCUT2D eigenvalue weighted by Gasteiger charge is -2.23. The largest absolute Gasteiger partial charge is 0.480 e. The van der Waals surface area contributed by atoms with E-state index in [1.165, 1.54) is 22.2 Å². The number of hydrogen-bond donors (Lipinski definition) is 3. The number of nitrogens with zero attached hydrogens (tertiary/aromatic N) is 5. The van der Waals surface area contributed by atoms with Gasteiger partial charge >= 0.3 is 5.97 Å². The number of thiazole rings is 1. The second-order valence-electron chi connectivity index (χ2n) is 8.46. The second-order valence-corrected chi connectivity index (χ2v) is 9.49. The van der Waals surface area contributed by atoms with Crippen molar-refractivity contribution in [3.05, 3.63) is 46.7 Å². The normalized spacial score (nSPS) is 15.9.